The normalized spacial score (nSPS) is 14.5. The lowest BCUT2D eigenvalue weighted by molar-refractivity contribution is -0.383. The number of anilines is 2. The van der Waals surface area contributed by atoms with Gasteiger partial charge in [0.2, 0.25) is 11.6 Å². The number of aromatic nitrogens is 2. The van der Waals surface area contributed by atoms with E-state index < -0.39 is 4.92 Å². The number of nitrogens with zero attached hydrogens (tertiary/aromatic N) is 4. The van der Waals surface area contributed by atoms with E-state index in [9.17, 15) is 10.1 Å². The first-order valence-corrected chi connectivity index (χ1v) is 6.48. The van der Waals surface area contributed by atoms with Crippen LogP contribution in [0.5, 0.6) is 0 Å². The van der Waals surface area contributed by atoms with Gasteiger partial charge in [-0.15, -0.1) is 0 Å². The van der Waals surface area contributed by atoms with Gasteiger partial charge >= 0.3 is 5.69 Å². The van der Waals surface area contributed by atoms with Crippen LogP contribution in [0.3, 0.4) is 0 Å². The average Bonchev–Trinajstić information content (AvgIpc) is 3.18. The summed E-state index contributed by atoms with van der Waals surface area (Å²) in [6.45, 7) is 4.86. The Morgan fingerprint density at radius 2 is 2.21 bits per heavy atom. The van der Waals surface area contributed by atoms with Gasteiger partial charge < -0.3 is 10.2 Å². The van der Waals surface area contributed by atoms with Gasteiger partial charge in [-0.05, 0) is 32.6 Å². The van der Waals surface area contributed by atoms with Crippen molar-refractivity contribution < 1.29 is 4.92 Å². The van der Waals surface area contributed by atoms with E-state index in [2.05, 4.69) is 15.3 Å². The maximum absolute atomic E-state index is 11.3. The maximum atomic E-state index is 11.3. The van der Waals surface area contributed by atoms with E-state index in [-0.39, 0.29) is 17.5 Å². The van der Waals surface area contributed by atoms with E-state index in [1.807, 2.05) is 18.7 Å². The summed E-state index contributed by atoms with van der Waals surface area (Å²) in [6.07, 6.45) is 3.76. The fourth-order valence-electron chi connectivity index (χ4n) is 2.05. The molecule has 0 atom stereocenters. The molecular formula is C12H19N5O2. The van der Waals surface area contributed by atoms with Crippen LogP contribution < -0.4 is 10.2 Å². The highest BCUT2D eigenvalue weighted by atomic mass is 16.6. The third-order valence-corrected chi connectivity index (χ3v) is 3.27. The molecule has 19 heavy (non-hydrogen) atoms. The van der Waals surface area contributed by atoms with E-state index in [1.54, 1.807) is 7.05 Å². The van der Waals surface area contributed by atoms with Crippen molar-refractivity contribution in [2.75, 3.05) is 23.8 Å². The summed E-state index contributed by atoms with van der Waals surface area (Å²) < 4.78 is 0. The molecule has 0 aromatic carbocycles. The van der Waals surface area contributed by atoms with Gasteiger partial charge in [0.15, 0.2) is 0 Å². The molecule has 7 nitrogen and oxygen atoms in total. The minimum absolute atomic E-state index is 0.0423. The van der Waals surface area contributed by atoms with Gasteiger partial charge in [-0.3, -0.25) is 10.1 Å². The SMILES string of the molecule is CNc1ncnc(N(CC2CC2)C(C)C)c1[N+](=O)[O-]. The third kappa shape index (κ3) is 2.91. The average molecular weight is 265 g/mol. The predicted octanol–water partition coefficient (Wildman–Crippen LogP) is 2.05. The summed E-state index contributed by atoms with van der Waals surface area (Å²) in [5.74, 6) is 1.30. The first-order valence-electron chi connectivity index (χ1n) is 6.48. The van der Waals surface area contributed by atoms with Crippen molar-refractivity contribution in [1.82, 2.24) is 9.97 Å². The standard InChI is InChI=1S/C12H19N5O2/c1-8(2)16(6-9-4-5-9)12-10(17(18)19)11(13-3)14-7-15-12/h7-9H,4-6H2,1-3H3,(H,13,14,15). The topological polar surface area (TPSA) is 84.2 Å². The zero-order chi connectivity index (χ0) is 14.0. The van der Waals surface area contributed by atoms with E-state index >= 15 is 0 Å². The lowest BCUT2D eigenvalue weighted by Gasteiger charge is -2.27. The van der Waals surface area contributed by atoms with Crippen LogP contribution in [-0.4, -0.2) is 34.5 Å². The predicted molar refractivity (Wildman–Crippen MR) is 73.4 cm³/mol. The molecule has 1 N–H and O–H groups in total. The molecule has 0 bridgehead atoms. The first-order chi connectivity index (χ1) is 9.04. The molecule has 1 aliphatic rings. The van der Waals surface area contributed by atoms with Crippen LogP contribution in [0.4, 0.5) is 17.3 Å². The summed E-state index contributed by atoms with van der Waals surface area (Å²) in [6, 6.07) is 0.166. The molecule has 0 radical (unpaired) electrons. The van der Waals surface area contributed by atoms with Gasteiger partial charge in [0.1, 0.15) is 6.33 Å². The fourth-order valence-corrected chi connectivity index (χ4v) is 2.05. The van der Waals surface area contributed by atoms with Crippen LogP contribution in [0.1, 0.15) is 26.7 Å². The quantitative estimate of drug-likeness (QED) is 0.626. The van der Waals surface area contributed by atoms with Crippen LogP contribution in [0, 0.1) is 16.0 Å². The van der Waals surface area contributed by atoms with Crippen LogP contribution in [0.25, 0.3) is 0 Å². The monoisotopic (exact) mass is 265 g/mol. The molecule has 0 saturated heterocycles. The number of nitro groups is 1. The Bertz CT molecular complexity index is 473. The molecule has 1 fully saturated rings. The Hall–Kier alpha value is -1.92. The van der Waals surface area contributed by atoms with Gasteiger partial charge in [0, 0.05) is 19.6 Å². The van der Waals surface area contributed by atoms with E-state index in [4.69, 9.17) is 0 Å². The zero-order valence-electron chi connectivity index (χ0n) is 11.5. The highest BCUT2D eigenvalue weighted by Crippen LogP contribution is 2.36. The van der Waals surface area contributed by atoms with Crippen LogP contribution >= 0.6 is 0 Å². The number of hydrogen-bond donors (Lipinski definition) is 1. The molecule has 1 saturated carbocycles. The van der Waals surface area contributed by atoms with Crippen molar-refractivity contribution >= 4 is 17.3 Å². The Kier molecular flexibility index (Phi) is 3.82. The highest BCUT2D eigenvalue weighted by molar-refractivity contribution is 5.70. The van der Waals surface area contributed by atoms with Crippen molar-refractivity contribution in [3.05, 3.63) is 16.4 Å². The van der Waals surface area contributed by atoms with Crippen LogP contribution in [0.2, 0.25) is 0 Å². The highest BCUT2D eigenvalue weighted by Gasteiger charge is 2.32. The summed E-state index contributed by atoms with van der Waals surface area (Å²) >= 11 is 0. The van der Waals surface area contributed by atoms with E-state index in [0.29, 0.717) is 11.7 Å². The van der Waals surface area contributed by atoms with Crippen molar-refractivity contribution in [2.24, 2.45) is 5.92 Å². The summed E-state index contributed by atoms with van der Waals surface area (Å²) in [7, 11) is 1.62. The molecule has 0 spiro atoms. The van der Waals surface area contributed by atoms with Gasteiger partial charge in [0.25, 0.3) is 0 Å². The molecule has 0 aliphatic heterocycles. The molecule has 2 rings (SSSR count). The lowest BCUT2D eigenvalue weighted by Crippen LogP contribution is -2.34. The van der Waals surface area contributed by atoms with Gasteiger partial charge in [-0.25, -0.2) is 9.97 Å². The summed E-state index contributed by atoms with van der Waals surface area (Å²) in [5.41, 5.74) is -0.0423. The van der Waals surface area contributed by atoms with Crippen molar-refractivity contribution in [1.29, 1.82) is 0 Å². The fraction of sp³-hybridized carbons (Fsp3) is 0.667. The van der Waals surface area contributed by atoms with Crippen molar-refractivity contribution in [3.8, 4) is 0 Å². The zero-order valence-corrected chi connectivity index (χ0v) is 11.5. The van der Waals surface area contributed by atoms with Crippen LogP contribution in [0.15, 0.2) is 6.33 Å². The van der Waals surface area contributed by atoms with Crippen molar-refractivity contribution in [2.45, 2.75) is 32.7 Å². The van der Waals surface area contributed by atoms with Crippen molar-refractivity contribution in [3.63, 3.8) is 0 Å². The summed E-state index contributed by atoms with van der Waals surface area (Å²) in [5, 5.41) is 14.0. The molecule has 0 amide bonds. The lowest BCUT2D eigenvalue weighted by atomic mass is 10.2. The van der Waals surface area contributed by atoms with E-state index in [0.717, 1.165) is 6.54 Å². The van der Waals surface area contributed by atoms with Crippen LogP contribution in [-0.2, 0) is 0 Å². The van der Waals surface area contributed by atoms with Gasteiger partial charge in [-0.1, -0.05) is 0 Å². The molecule has 104 valence electrons. The molecule has 1 aliphatic carbocycles. The Morgan fingerprint density at radius 3 is 2.68 bits per heavy atom. The van der Waals surface area contributed by atoms with Gasteiger partial charge in [0.05, 0.1) is 4.92 Å². The second kappa shape index (κ2) is 5.38. The first kappa shape index (κ1) is 13.5. The molecule has 1 heterocycles. The largest absolute Gasteiger partial charge is 0.367 e. The maximum Gasteiger partial charge on any atom is 0.353 e. The number of nitrogens with one attached hydrogen (secondary N) is 1. The Labute approximate surface area is 112 Å². The second-order valence-electron chi connectivity index (χ2n) is 5.09. The number of hydrogen-bond acceptors (Lipinski definition) is 6. The molecule has 1 aromatic heterocycles. The third-order valence-electron chi connectivity index (χ3n) is 3.27. The molecule has 7 heteroatoms. The molecular weight excluding hydrogens is 246 g/mol. The minimum atomic E-state index is -0.413. The second-order valence-corrected chi connectivity index (χ2v) is 5.09. The summed E-state index contributed by atoms with van der Waals surface area (Å²) in [4.78, 5) is 20.9. The van der Waals surface area contributed by atoms with E-state index in [1.165, 1.54) is 19.2 Å². The Morgan fingerprint density at radius 1 is 1.53 bits per heavy atom. The minimum Gasteiger partial charge on any atom is -0.367 e. The van der Waals surface area contributed by atoms with Gasteiger partial charge in [-0.2, -0.15) is 0 Å². The Balaban J connectivity index is 2.42. The molecule has 0 unspecified atom stereocenters. The molecule has 1 aromatic rings. The smallest absolute Gasteiger partial charge is 0.353 e. The number of rotatable bonds is 6.